The molecule has 2 rings (SSSR count). The lowest BCUT2D eigenvalue weighted by atomic mass is 9.88. The van der Waals surface area contributed by atoms with E-state index in [9.17, 15) is 0 Å². The van der Waals surface area contributed by atoms with Gasteiger partial charge in [-0.25, -0.2) is 0 Å². The lowest BCUT2D eigenvalue weighted by Gasteiger charge is -2.20. The Morgan fingerprint density at radius 1 is 1.48 bits per heavy atom. The topological polar surface area (TPSA) is 62.8 Å². The van der Waals surface area contributed by atoms with Gasteiger partial charge in [0.2, 0.25) is 0 Å². The molecule has 4 heteroatoms. The average Bonchev–Trinajstić information content (AvgIpc) is 3.30. The van der Waals surface area contributed by atoms with E-state index in [4.69, 9.17) is 5.73 Å². The predicted molar refractivity (Wildman–Crippen MR) is 99.5 cm³/mol. The van der Waals surface area contributed by atoms with Crippen molar-refractivity contribution < 1.29 is 0 Å². The van der Waals surface area contributed by atoms with Crippen molar-refractivity contribution >= 4 is 11.7 Å². The van der Waals surface area contributed by atoms with Crippen LogP contribution in [0, 0.1) is 11.3 Å². The van der Waals surface area contributed by atoms with Crippen LogP contribution in [-0.2, 0) is 0 Å². The van der Waals surface area contributed by atoms with Crippen LogP contribution in [0.5, 0.6) is 0 Å². The molecule has 3 N–H and O–H groups in total. The first-order valence-electron chi connectivity index (χ1n) is 8.54. The van der Waals surface area contributed by atoms with Gasteiger partial charge in [-0.3, -0.25) is 9.98 Å². The molecule has 1 saturated carbocycles. The van der Waals surface area contributed by atoms with Gasteiger partial charge in [-0.15, -0.1) is 6.58 Å². The molecule has 0 bridgehead atoms. The number of aliphatic imine (C=N–C) groups is 2. The number of guanidine groups is 1. The molecule has 0 spiro atoms. The zero-order chi connectivity index (χ0) is 16.9. The van der Waals surface area contributed by atoms with Crippen LogP contribution in [0.15, 0.2) is 46.2 Å². The van der Waals surface area contributed by atoms with Crippen LogP contribution in [0.2, 0.25) is 0 Å². The Hall–Kier alpha value is -1.84. The van der Waals surface area contributed by atoms with Gasteiger partial charge < -0.3 is 11.1 Å². The number of hydrogen-bond donors (Lipinski definition) is 2. The maximum Gasteiger partial charge on any atom is 0.193 e. The van der Waals surface area contributed by atoms with E-state index in [0.29, 0.717) is 17.3 Å². The number of nitrogens with one attached hydrogen (secondary N) is 1. The third kappa shape index (κ3) is 4.81. The van der Waals surface area contributed by atoms with E-state index in [-0.39, 0.29) is 0 Å². The van der Waals surface area contributed by atoms with E-state index in [1.54, 1.807) is 0 Å². The summed E-state index contributed by atoms with van der Waals surface area (Å²) in [6.45, 7) is 11.1. The lowest BCUT2D eigenvalue weighted by molar-refractivity contribution is 0.345. The standard InChI is InChI=1S/C19H30N4/c1-5-6-15(3)19(10-11-19)13-22-18(20)23-17-9-12-21-16(4)8-7-14(17)2/h5,9,12,15H,1,6-8,10-11,13H2,2-4H3,(H3,20,22,23). The molecule has 2 aliphatic rings. The smallest absolute Gasteiger partial charge is 0.193 e. The molecule has 1 unspecified atom stereocenters. The fourth-order valence-corrected chi connectivity index (χ4v) is 2.98. The maximum atomic E-state index is 6.11. The van der Waals surface area contributed by atoms with E-state index in [1.165, 1.54) is 18.4 Å². The van der Waals surface area contributed by atoms with Crippen LogP contribution in [0.3, 0.4) is 0 Å². The first-order chi connectivity index (χ1) is 11.0. The normalized spacial score (nSPS) is 22.0. The Morgan fingerprint density at radius 3 is 2.87 bits per heavy atom. The number of nitrogens with two attached hydrogens (primary N) is 1. The Morgan fingerprint density at radius 2 is 2.22 bits per heavy atom. The van der Waals surface area contributed by atoms with Crippen molar-refractivity contribution in [2.24, 2.45) is 27.1 Å². The molecule has 1 aliphatic carbocycles. The second kappa shape index (κ2) is 7.62. The summed E-state index contributed by atoms with van der Waals surface area (Å²) in [5, 5.41) is 3.25. The monoisotopic (exact) mass is 314 g/mol. The van der Waals surface area contributed by atoms with Crippen LogP contribution >= 0.6 is 0 Å². The summed E-state index contributed by atoms with van der Waals surface area (Å²) in [6, 6.07) is 0. The maximum absolute atomic E-state index is 6.11. The van der Waals surface area contributed by atoms with Crippen molar-refractivity contribution in [1.29, 1.82) is 0 Å². The van der Waals surface area contributed by atoms with Gasteiger partial charge in [0.1, 0.15) is 0 Å². The molecule has 0 aromatic carbocycles. The van der Waals surface area contributed by atoms with Crippen LogP contribution in [0.1, 0.15) is 52.9 Å². The summed E-state index contributed by atoms with van der Waals surface area (Å²) in [4.78, 5) is 8.99. The molecule has 1 fully saturated rings. The third-order valence-electron chi connectivity index (χ3n) is 5.14. The van der Waals surface area contributed by atoms with Crippen molar-refractivity contribution in [1.82, 2.24) is 5.32 Å². The predicted octanol–water partition coefficient (Wildman–Crippen LogP) is 3.93. The minimum atomic E-state index is 0.335. The third-order valence-corrected chi connectivity index (χ3v) is 5.14. The molecule has 4 nitrogen and oxygen atoms in total. The van der Waals surface area contributed by atoms with E-state index in [0.717, 1.165) is 37.2 Å². The number of hydrogen-bond acceptors (Lipinski definition) is 2. The van der Waals surface area contributed by atoms with Crippen molar-refractivity contribution in [2.75, 3.05) is 6.54 Å². The first kappa shape index (κ1) is 17.5. The lowest BCUT2D eigenvalue weighted by Crippen LogP contribution is -2.32. The molecular weight excluding hydrogens is 284 g/mol. The van der Waals surface area contributed by atoms with Gasteiger partial charge in [0.05, 0.1) is 0 Å². The minimum Gasteiger partial charge on any atom is -0.370 e. The zero-order valence-corrected chi connectivity index (χ0v) is 14.7. The van der Waals surface area contributed by atoms with Gasteiger partial charge in [-0.05, 0) is 68.9 Å². The molecule has 0 aromatic rings. The van der Waals surface area contributed by atoms with Crippen molar-refractivity contribution in [3.05, 3.63) is 36.2 Å². The van der Waals surface area contributed by atoms with Crippen LogP contribution in [0.4, 0.5) is 0 Å². The van der Waals surface area contributed by atoms with Gasteiger partial charge >= 0.3 is 0 Å². The zero-order valence-electron chi connectivity index (χ0n) is 14.7. The molecule has 23 heavy (non-hydrogen) atoms. The summed E-state index contributed by atoms with van der Waals surface area (Å²) >= 11 is 0. The Labute approximate surface area is 140 Å². The molecule has 0 aromatic heterocycles. The largest absolute Gasteiger partial charge is 0.370 e. The molecule has 1 atom stereocenters. The quantitative estimate of drug-likeness (QED) is 0.443. The first-order valence-corrected chi connectivity index (χ1v) is 8.54. The fraction of sp³-hybridized carbons (Fsp3) is 0.579. The molecule has 0 radical (unpaired) electrons. The molecule has 0 saturated heterocycles. The van der Waals surface area contributed by atoms with E-state index in [1.807, 2.05) is 18.4 Å². The van der Waals surface area contributed by atoms with Gasteiger partial charge in [0.15, 0.2) is 5.96 Å². The summed E-state index contributed by atoms with van der Waals surface area (Å²) < 4.78 is 0. The van der Waals surface area contributed by atoms with Gasteiger partial charge in [0, 0.05) is 24.2 Å². The molecule has 126 valence electrons. The molecule has 1 heterocycles. The average molecular weight is 314 g/mol. The molecule has 0 amide bonds. The van der Waals surface area contributed by atoms with Crippen molar-refractivity contribution in [3.63, 3.8) is 0 Å². The van der Waals surface area contributed by atoms with Crippen molar-refractivity contribution in [2.45, 2.75) is 52.9 Å². The Kier molecular flexibility index (Phi) is 5.80. The van der Waals surface area contributed by atoms with Gasteiger partial charge in [-0.1, -0.05) is 13.0 Å². The van der Waals surface area contributed by atoms with E-state index in [2.05, 4.69) is 42.7 Å². The highest BCUT2D eigenvalue weighted by atomic mass is 15.1. The fourth-order valence-electron chi connectivity index (χ4n) is 2.98. The van der Waals surface area contributed by atoms with Crippen LogP contribution in [-0.4, -0.2) is 18.2 Å². The second-order valence-electron chi connectivity index (χ2n) is 6.99. The summed E-state index contributed by atoms with van der Waals surface area (Å²) in [5.74, 6) is 1.12. The second-order valence-corrected chi connectivity index (χ2v) is 6.99. The van der Waals surface area contributed by atoms with Crippen LogP contribution in [0.25, 0.3) is 0 Å². The highest BCUT2D eigenvalue weighted by Gasteiger charge is 2.46. The Balaban J connectivity index is 1.98. The van der Waals surface area contributed by atoms with E-state index >= 15 is 0 Å². The van der Waals surface area contributed by atoms with Gasteiger partial charge in [0.25, 0.3) is 0 Å². The van der Waals surface area contributed by atoms with Crippen molar-refractivity contribution in [3.8, 4) is 0 Å². The molecular formula is C19H30N4. The van der Waals surface area contributed by atoms with Gasteiger partial charge in [-0.2, -0.15) is 0 Å². The van der Waals surface area contributed by atoms with E-state index < -0.39 is 0 Å². The number of rotatable bonds is 6. The molecule has 1 aliphatic heterocycles. The number of allylic oxidation sites excluding steroid dienone is 3. The highest BCUT2D eigenvalue weighted by molar-refractivity contribution is 5.83. The number of nitrogens with zero attached hydrogens (tertiary/aromatic N) is 2. The summed E-state index contributed by atoms with van der Waals surface area (Å²) in [7, 11) is 0. The summed E-state index contributed by atoms with van der Waals surface area (Å²) in [6.07, 6.45) is 11.3. The summed E-state index contributed by atoms with van der Waals surface area (Å²) in [5.41, 5.74) is 9.91. The SMILES string of the molecule is C=CCC(C)C1(CN=C(N)NC2=C(C)CCC(C)=NC=C2)CC1. The Bertz CT molecular complexity index is 562. The highest BCUT2D eigenvalue weighted by Crippen LogP contribution is 2.53. The van der Waals surface area contributed by atoms with Crippen LogP contribution < -0.4 is 11.1 Å². The minimum absolute atomic E-state index is 0.335.